The van der Waals surface area contributed by atoms with E-state index in [1.54, 1.807) is 18.0 Å². The molecular formula is C22H26N4O3. The van der Waals surface area contributed by atoms with Gasteiger partial charge in [-0.05, 0) is 31.9 Å². The van der Waals surface area contributed by atoms with Crippen molar-refractivity contribution >= 4 is 22.7 Å². The van der Waals surface area contributed by atoms with Gasteiger partial charge in [0.25, 0.3) is 0 Å². The van der Waals surface area contributed by atoms with Crippen LogP contribution in [0.1, 0.15) is 40.9 Å². The number of carbonyl (C=O) groups is 1. The first-order chi connectivity index (χ1) is 14.0. The topological polar surface area (TPSA) is 69.5 Å². The van der Waals surface area contributed by atoms with Crippen LogP contribution in [0, 0.1) is 6.92 Å². The van der Waals surface area contributed by atoms with Crippen molar-refractivity contribution in [2.75, 3.05) is 31.7 Å². The van der Waals surface area contributed by atoms with Crippen LogP contribution in [-0.4, -0.2) is 47.5 Å². The predicted molar refractivity (Wildman–Crippen MR) is 112 cm³/mol. The van der Waals surface area contributed by atoms with E-state index < -0.39 is 0 Å². The molecule has 1 aliphatic heterocycles. The van der Waals surface area contributed by atoms with Crippen LogP contribution < -0.4 is 9.64 Å². The van der Waals surface area contributed by atoms with Gasteiger partial charge in [0.2, 0.25) is 0 Å². The van der Waals surface area contributed by atoms with E-state index >= 15 is 0 Å². The van der Waals surface area contributed by atoms with Gasteiger partial charge in [0, 0.05) is 32.3 Å². The Morgan fingerprint density at radius 1 is 1.31 bits per heavy atom. The van der Waals surface area contributed by atoms with E-state index in [4.69, 9.17) is 9.47 Å². The predicted octanol–water partition coefficient (Wildman–Crippen LogP) is 3.46. The zero-order valence-corrected chi connectivity index (χ0v) is 17.3. The molecule has 0 spiro atoms. The average Bonchev–Trinajstić information content (AvgIpc) is 3.32. The van der Waals surface area contributed by atoms with Crippen LogP contribution in [0.15, 0.2) is 30.5 Å². The third-order valence-electron chi connectivity index (χ3n) is 5.58. The highest BCUT2D eigenvalue weighted by molar-refractivity contribution is 6.05. The van der Waals surface area contributed by atoms with Gasteiger partial charge in [-0.1, -0.05) is 18.2 Å². The molecule has 1 atom stereocenters. The number of carbonyl (C=O) groups excluding carboxylic acids is 1. The summed E-state index contributed by atoms with van der Waals surface area (Å²) in [5.74, 6) is 0.879. The molecule has 0 saturated carbocycles. The number of rotatable bonds is 5. The molecule has 4 rings (SSSR count). The van der Waals surface area contributed by atoms with Crippen molar-refractivity contribution in [2.45, 2.75) is 26.2 Å². The summed E-state index contributed by atoms with van der Waals surface area (Å²) in [5, 5.41) is 5.44. The highest BCUT2D eigenvalue weighted by Gasteiger charge is 2.31. The number of anilines is 1. The molecule has 3 heterocycles. The van der Waals surface area contributed by atoms with Gasteiger partial charge in [0.05, 0.1) is 30.5 Å². The molecule has 1 saturated heterocycles. The molecule has 3 aromatic rings. The van der Waals surface area contributed by atoms with Crippen LogP contribution in [0.3, 0.4) is 0 Å². The fraction of sp³-hybridized carbons (Fsp3) is 0.409. The number of aromatic nitrogens is 3. The second-order valence-corrected chi connectivity index (χ2v) is 7.32. The van der Waals surface area contributed by atoms with Crippen LogP contribution in [0.25, 0.3) is 11.0 Å². The van der Waals surface area contributed by atoms with E-state index in [0.717, 1.165) is 47.7 Å². The van der Waals surface area contributed by atoms with E-state index in [0.29, 0.717) is 18.1 Å². The van der Waals surface area contributed by atoms with E-state index in [2.05, 4.69) is 21.0 Å². The summed E-state index contributed by atoms with van der Waals surface area (Å²) in [4.78, 5) is 19.5. The number of hydrogen-bond acceptors (Lipinski definition) is 6. The molecule has 0 aliphatic carbocycles. The van der Waals surface area contributed by atoms with Crippen molar-refractivity contribution in [2.24, 2.45) is 7.05 Å². The molecule has 1 unspecified atom stereocenters. The van der Waals surface area contributed by atoms with Gasteiger partial charge in [-0.25, -0.2) is 9.78 Å². The number of fused-ring (bicyclic) bond motifs is 1. The van der Waals surface area contributed by atoms with Crippen LogP contribution in [-0.2, 0) is 11.8 Å². The molecule has 1 fully saturated rings. The maximum Gasteiger partial charge on any atom is 0.341 e. The minimum Gasteiger partial charge on any atom is -0.496 e. The number of para-hydroxylation sites is 1. The Hall–Kier alpha value is -3.09. The summed E-state index contributed by atoms with van der Waals surface area (Å²) in [6.45, 7) is 5.72. The first kappa shape index (κ1) is 19.2. The second kappa shape index (κ2) is 7.73. The molecule has 29 heavy (non-hydrogen) atoms. The quantitative estimate of drug-likeness (QED) is 0.618. The summed E-state index contributed by atoms with van der Waals surface area (Å²) >= 11 is 0. The Morgan fingerprint density at radius 2 is 2.10 bits per heavy atom. The number of ether oxygens (including phenoxy) is 2. The van der Waals surface area contributed by atoms with Crippen LogP contribution in [0.5, 0.6) is 5.75 Å². The minimum absolute atomic E-state index is 0.321. The molecule has 0 N–H and O–H groups in total. The largest absolute Gasteiger partial charge is 0.496 e. The van der Waals surface area contributed by atoms with Crippen LogP contribution in [0.2, 0.25) is 0 Å². The van der Waals surface area contributed by atoms with Crippen molar-refractivity contribution in [3.8, 4) is 5.75 Å². The number of esters is 1. The molecule has 7 nitrogen and oxygen atoms in total. The fourth-order valence-electron chi connectivity index (χ4n) is 4.30. The summed E-state index contributed by atoms with van der Waals surface area (Å²) in [6.07, 6.45) is 2.60. The number of pyridine rings is 1. The Kier molecular flexibility index (Phi) is 5.13. The van der Waals surface area contributed by atoms with E-state index in [-0.39, 0.29) is 5.97 Å². The van der Waals surface area contributed by atoms with E-state index in [9.17, 15) is 4.79 Å². The van der Waals surface area contributed by atoms with Crippen LogP contribution in [0.4, 0.5) is 5.69 Å². The number of hydrogen-bond donors (Lipinski definition) is 0. The lowest BCUT2D eigenvalue weighted by molar-refractivity contribution is 0.0527. The van der Waals surface area contributed by atoms with Crippen molar-refractivity contribution in [3.63, 3.8) is 0 Å². The maximum atomic E-state index is 12.7. The van der Waals surface area contributed by atoms with E-state index in [1.165, 1.54) is 5.56 Å². The highest BCUT2D eigenvalue weighted by Crippen LogP contribution is 2.39. The molecule has 1 aromatic carbocycles. The average molecular weight is 394 g/mol. The van der Waals surface area contributed by atoms with Gasteiger partial charge < -0.3 is 14.4 Å². The third kappa shape index (κ3) is 3.30. The van der Waals surface area contributed by atoms with Crippen molar-refractivity contribution in [1.29, 1.82) is 0 Å². The van der Waals surface area contributed by atoms with Gasteiger partial charge >= 0.3 is 5.97 Å². The molecule has 1 aliphatic rings. The first-order valence-electron chi connectivity index (χ1n) is 9.92. The van der Waals surface area contributed by atoms with Gasteiger partial charge in [0.1, 0.15) is 11.3 Å². The lowest BCUT2D eigenvalue weighted by Crippen LogP contribution is -2.23. The SMILES string of the molecule is CCOC(=O)c1cnc2c(c(C)nn2C)c1N1CCC(c2ccccc2OC)C1. The Morgan fingerprint density at radius 3 is 2.86 bits per heavy atom. The molecule has 152 valence electrons. The number of methoxy groups -OCH3 is 1. The van der Waals surface area contributed by atoms with Gasteiger partial charge in [-0.15, -0.1) is 0 Å². The van der Waals surface area contributed by atoms with Crippen molar-refractivity contribution in [1.82, 2.24) is 14.8 Å². The van der Waals surface area contributed by atoms with Gasteiger partial charge in [-0.2, -0.15) is 5.10 Å². The third-order valence-corrected chi connectivity index (χ3v) is 5.58. The molecule has 0 bridgehead atoms. The highest BCUT2D eigenvalue weighted by atomic mass is 16.5. The van der Waals surface area contributed by atoms with Crippen molar-refractivity contribution in [3.05, 3.63) is 47.3 Å². The minimum atomic E-state index is -0.346. The Balaban J connectivity index is 1.78. The van der Waals surface area contributed by atoms with Crippen LogP contribution >= 0.6 is 0 Å². The smallest absolute Gasteiger partial charge is 0.341 e. The summed E-state index contributed by atoms with van der Waals surface area (Å²) in [5.41, 5.74) is 4.19. The molecule has 0 amide bonds. The monoisotopic (exact) mass is 394 g/mol. The van der Waals surface area contributed by atoms with Gasteiger partial charge in [-0.3, -0.25) is 4.68 Å². The number of nitrogens with zero attached hydrogens (tertiary/aromatic N) is 4. The number of aryl methyl sites for hydroxylation is 2. The zero-order chi connectivity index (χ0) is 20.5. The Labute approximate surface area is 170 Å². The molecule has 0 radical (unpaired) electrons. The summed E-state index contributed by atoms with van der Waals surface area (Å²) < 4.78 is 12.6. The first-order valence-corrected chi connectivity index (χ1v) is 9.92. The lowest BCUT2D eigenvalue weighted by Gasteiger charge is -2.23. The molecule has 7 heteroatoms. The van der Waals surface area contributed by atoms with Gasteiger partial charge in [0.15, 0.2) is 5.65 Å². The van der Waals surface area contributed by atoms with E-state index in [1.807, 2.05) is 39.1 Å². The standard InChI is InChI=1S/C22H26N4O3/c1-5-29-22(27)17-12-23-21-19(14(2)24-25(21)3)20(17)26-11-10-15(13-26)16-8-6-7-9-18(16)28-4/h6-9,12,15H,5,10-11,13H2,1-4H3. The molecule has 2 aromatic heterocycles. The fourth-order valence-corrected chi connectivity index (χ4v) is 4.30. The normalized spacial score (nSPS) is 16.4. The summed E-state index contributed by atoms with van der Waals surface area (Å²) in [7, 11) is 3.58. The maximum absolute atomic E-state index is 12.7. The number of benzene rings is 1. The second-order valence-electron chi connectivity index (χ2n) is 7.32. The Bertz CT molecular complexity index is 1060. The molecular weight excluding hydrogens is 368 g/mol. The summed E-state index contributed by atoms with van der Waals surface area (Å²) in [6, 6.07) is 8.15. The zero-order valence-electron chi connectivity index (χ0n) is 17.3. The van der Waals surface area contributed by atoms with Crippen molar-refractivity contribution < 1.29 is 14.3 Å². The lowest BCUT2D eigenvalue weighted by atomic mass is 9.97.